The van der Waals surface area contributed by atoms with Crippen LogP contribution in [0.1, 0.15) is 90.7 Å². The molecular formula is C30H42N3O+. The smallest absolute Gasteiger partial charge is 0.207 e. The summed E-state index contributed by atoms with van der Waals surface area (Å²) in [5.74, 6) is 3.12. The fraction of sp³-hybridized carbons (Fsp3) is 0.600. The van der Waals surface area contributed by atoms with Crippen LogP contribution in [0.15, 0.2) is 29.3 Å². The molecule has 0 aromatic heterocycles. The second-order valence-electron chi connectivity index (χ2n) is 11.5. The fourth-order valence-corrected chi connectivity index (χ4v) is 6.32. The summed E-state index contributed by atoms with van der Waals surface area (Å²) in [4.78, 5) is 7.78. The van der Waals surface area contributed by atoms with E-state index < -0.39 is 0 Å². The van der Waals surface area contributed by atoms with E-state index >= 15 is 0 Å². The van der Waals surface area contributed by atoms with Crippen LogP contribution in [0.2, 0.25) is 0 Å². The van der Waals surface area contributed by atoms with Gasteiger partial charge in [0.1, 0.15) is 24.1 Å². The monoisotopic (exact) mass is 460 g/mol. The molecular weight excluding hydrogens is 418 g/mol. The van der Waals surface area contributed by atoms with Crippen LogP contribution in [0.25, 0.3) is 0 Å². The zero-order chi connectivity index (χ0) is 24.0. The molecule has 0 fully saturated rings. The maximum absolute atomic E-state index is 6.58. The molecule has 3 aliphatic heterocycles. The number of rotatable bonds is 6. The summed E-state index contributed by atoms with van der Waals surface area (Å²) in [6.45, 7) is 17.3. The Morgan fingerprint density at radius 1 is 1.15 bits per heavy atom. The Morgan fingerprint density at radius 3 is 2.71 bits per heavy atom. The molecule has 1 unspecified atom stereocenters. The average Bonchev–Trinajstić information content (AvgIpc) is 2.80. The molecule has 1 atom stereocenters. The van der Waals surface area contributed by atoms with Gasteiger partial charge >= 0.3 is 0 Å². The van der Waals surface area contributed by atoms with Crippen LogP contribution in [0, 0.1) is 5.92 Å². The zero-order valence-corrected chi connectivity index (χ0v) is 22.1. The van der Waals surface area contributed by atoms with Gasteiger partial charge < -0.3 is 9.64 Å². The lowest BCUT2D eigenvalue weighted by atomic mass is 9.77. The van der Waals surface area contributed by atoms with Gasteiger partial charge in [0, 0.05) is 35.8 Å². The standard InChI is InChI=1S/C30H42N3O/c1-7-21-19-30(5,6)33(14-9-11-20(3)4)27-18-29-25(16-23(21)27)31-24-15-22-12-10-13-32(8-2)26(22)17-28(24)34-29/h15-18,20-21H,7-14,19H2,1-6H3/q+1. The molecule has 3 heterocycles. The zero-order valence-electron chi connectivity index (χ0n) is 22.1. The fourth-order valence-electron chi connectivity index (χ4n) is 6.32. The van der Waals surface area contributed by atoms with Gasteiger partial charge in [0.05, 0.1) is 6.07 Å². The number of benzene rings is 2. The molecule has 3 aliphatic rings. The van der Waals surface area contributed by atoms with Crippen molar-refractivity contribution in [2.75, 3.05) is 24.5 Å². The molecule has 0 N–H and O–H groups in total. The third kappa shape index (κ3) is 4.14. The van der Waals surface area contributed by atoms with Crippen LogP contribution in [0.3, 0.4) is 0 Å². The number of ether oxygens (including phenoxy) is 1. The lowest BCUT2D eigenvalue weighted by Gasteiger charge is -2.48. The molecule has 0 bridgehead atoms. The molecule has 0 saturated heterocycles. The summed E-state index contributed by atoms with van der Waals surface area (Å²) in [5, 5.41) is 2.31. The van der Waals surface area contributed by atoms with Gasteiger partial charge in [-0.1, -0.05) is 20.8 Å². The molecule has 0 spiro atoms. The first-order chi connectivity index (χ1) is 16.3. The van der Waals surface area contributed by atoms with E-state index in [1.54, 1.807) is 0 Å². The highest BCUT2D eigenvalue weighted by Gasteiger charge is 2.38. The molecule has 0 amide bonds. The third-order valence-corrected chi connectivity index (χ3v) is 8.19. The lowest BCUT2D eigenvalue weighted by molar-refractivity contribution is 0.354. The molecule has 182 valence electrons. The van der Waals surface area contributed by atoms with E-state index in [0.29, 0.717) is 5.92 Å². The molecule has 0 radical (unpaired) electrons. The van der Waals surface area contributed by atoms with E-state index in [2.05, 4.69) is 75.3 Å². The van der Waals surface area contributed by atoms with E-state index in [0.717, 1.165) is 60.9 Å². The normalized spacial score (nSPS) is 20.1. The Balaban J connectivity index is 1.60. The first-order valence-electron chi connectivity index (χ1n) is 13.6. The van der Waals surface area contributed by atoms with Crippen molar-refractivity contribution in [3.05, 3.63) is 46.1 Å². The number of nitrogens with zero attached hydrogens (tertiary/aromatic N) is 3. The van der Waals surface area contributed by atoms with E-state index in [-0.39, 0.29) is 5.54 Å². The number of hydrogen-bond acceptors (Lipinski definition) is 3. The molecule has 4 nitrogen and oxygen atoms in total. The third-order valence-electron chi connectivity index (χ3n) is 8.19. The van der Waals surface area contributed by atoms with Gasteiger partial charge in [-0.2, -0.15) is 0 Å². The summed E-state index contributed by atoms with van der Waals surface area (Å²) in [7, 11) is 0. The number of hydrogen-bond donors (Lipinski definition) is 0. The van der Waals surface area contributed by atoms with Crippen molar-refractivity contribution in [3.63, 3.8) is 0 Å². The van der Waals surface area contributed by atoms with Gasteiger partial charge in [0.15, 0.2) is 11.5 Å². The summed E-state index contributed by atoms with van der Waals surface area (Å²) in [5.41, 5.74) is 5.36. The van der Waals surface area contributed by atoms with Crippen molar-refractivity contribution in [2.45, 2.75) is 91.5 Å². The summed E-state index contributed by atoms with van der Waals surface area (Å²) in [6.07, 6.45) is 7.18. The predicted molar refractivity (Wildman–Crippen MR) is 142 cm³/mol. The van der Waals surface area contributed by atoms with Crippen LogP contribution in [0.4, 0.5) is 11.4 Å². The van der Waals surface area contributed by atoms with Gasteiger partial charge in [0.2, 0.25) is 5.36 Å². The van der Waals surface area contributed by atoms with Gasteiger partial charge in [-0.05, 0) is 82.4 Å². The van der Waals surface area contributed by atoms with Crippen molar-refractivity contribution < 1.29 is 4.74 Å². The maximum Gasteiger partial charge on any atom is 0.207 e. The summed E-state index contributed by atoms with van der Waals surface area (Å²) in [6, 6.07) is 9.14. The Morgan fingerprint density at radius 2 is 1.97 bits per heavy atom. The minimum atomic E-state index is 0.142. The number of anilines is 1. The average molecular weight is 461 g/mol. The summed E-state index contributed by atoms with van der Waals surface area (Å²) < 4.78 is 9.05. The van der Waals surface area contributed by atoms with Gasteiger partial charge in [-0.15, -0.1) is 0 Å². The van der Waals surface area contributed by atoms with Crippen LogP contribution >= 0.6 is 0 Å². The Bertz CT molecular complexity index is 1210. The van der Waals surface area contributed by atoms with Crippen molar-refractivity contribution >= 4 is 11.4 Å². The molecule has 5 rings (SSSR count). The largest absolute Gasteiger partial charge is 0.452 e. The first-order valence-corrected chi connectivity index (χ1v) is 13.6. The van der Waals surface area contributed by atoms with Crippen molar-refractivity contribution in [1.29, 1.82) is 0 Å². The second kappa shape index (κ2) is 9.02. The SMILES string of the molecule is CCC1CC(C)(C)N(CCCC(C)C)c2cc3c(cc21)N=c1cc2c(cc1O3)=[N+](CC)CCC2. The van der Waals surface area contributed by atoms with Crippen LogP contribution in [-0.2, 0) is 6.42 Å². The van der Waals surface area contributed by atoms with E-state index in [9.17, 15) is 0 Å². The van der Waals surface area contributed by atoms with Crippen LogP contribution < -0.4 is 24.9 Å². The topological polar surface area (TPSA) is 27.8 Å². The molecule has 2 aromatic carbocycles. The van der Waals surface area contributed by atoms with Crippen molar-refractivity contribution in [1.82, 2.24) is 4.58 Å². The van der Waals surface area contributed by atoms with Crippen LogP contribution in [-0.4, -0.2) is 25.2 Å². The predicted octanol–water partition coefficient (Wildman–Crippen LogP) is 6.12. The van der Waals surface area contributed by atoms with E-state index in [1.807, 2.05) is 0 Å². The van der Waals surface area contributed by atoms with E-state index in [1.165, 1.54) is 47.9 Å². The second-order valence-corrected chi connectivity index (χ2v) is 11.5. The Hall–Kier alpha value is -2.36. The molecule has 0 aliphatic carbocycles. The Labute approximate surface area is 205 Å². The molecule has 2 aromatic rings. The van der Waals surface area contributed by atoms with Gasteiger partial charge in [0.25, 0.3) is 0 Å². The highest BCUT2D eigenvalue weighted by Crippen LogP contribution is 2.50. The Kier molecular flexibility index (Phi) is 6.20. The maximum atomic E-state index is 6.58. The minimum absolute atomic E-state index is 0.142. The number of aryl methyl sites for hydroxylation is 1. The van der Waals surface area contributed by atoms with Gasteiger partial charge in [-0.25, -0.2) is 9.57 Å². The van der Waals surface area contributed by atoms with Crippen LogP contribution in [0.5, 0.6) is 11.5 Å². The molecule has 0 saturated carbocycles. The highest BCUT2D eigenvalue weighted by molar-refractivity contribution is 5.71. The summed E-state index contributed by atoms with van der Waals surface area (Å²) >= 11 is 0. The minimum Gasteiger partial charge on any atom is -0.452 e. The first kappa shape index (κ1) is 23.4. The molecule has 34 heavy (non-hydrogen) atoms. The molecule has 4 heteroatoms. The lowest BCUT2D eigenvalue weighted by Crippen LogP contribution is -2.49. The number of fused-ring (bicyclic) bond motifs is 4. The quantitative estimate of drug-likeness (QED) is 0.415. The van der Waals surface area contributed by atoms with Gasteiger partial charge in [-0.3, -0.25) is 0 Å². The van der Waals surface area contributed by atoms with Crippen molar-refractivity contribution in [2.24, 2.45) is 10.9 Å². The highest BCUT2D eigenvalue weighted by atomic mass is 16.5. The van der Waals surface area contributed by atoms with Crippen molar-refractivity contribution in [3.8, 4) is 11.5 Å². The van der Waals surface area contributed by atoms with E-state index in [4.69, 9.17) is 9.73 Å².